The summed E-state index contributed by atoms with van der Waals surface area (Å²) in [7, 11) is 0. The lowest BCUT2D eigenvalue weighted by atomic mass is 9.81. The number of epoxide rings is 1. The van der Waals surface area contributed by atoms with E-state index >= 15 is 0 Å². The molecule has 7 heteroatoms. The highest BCUT2D eigenvalue weighted by atomic mass is 16.7. The van der Waals surface area contributed by atoms with Crippen LogP contribution in [0.4, 0.5) is 0 Å². The standard InChI is InChI=1S/C19H22O7/c1-9(2)16(20)25-13-7-19-14(26-19)5-4-11(8-23-18(19)22)6-12-15(13)10(3)17(21)24-12/h6,12-15,18,22H,1,3-5,7-8H2,2H3/b11-6-/t12-,13+,14-,15+,18+,19-/m1/s1. The summed E-state index contributed by atoms with van der Waals surface area (Å²) in [5.41, 5.74) is 0.475. The first-order valence-corrected chi connectivity index (χ1v) is 8.75. The van der Waals surface area contributed by atoms with E-state index in [-0.39, 0.29) is 30.3 Å². The molecule has 3 saturated heterocycles. The summed E-state index contributed by atoms with van der Waals surface area (Å²) in [4.78, 5) is 24.3. The first kappa shape index (κ1) is 17.5. The van der Waals surface area contributed by atoms with Crippen molar-refractivity contribution in [3.8, 4) is 0 Å². The van der Waals surface area contributed by atoms with Crippen molar-refractivity contribution >= 4 is 11.9 Å². The van der Waals surface area contributed by atoms with Crippen LogP contribution in [0.5, 0.6) is 0 Å². The molecule has 5 aliphatic rings. The molecule has 3 fully saturated rings. The van der Waals surface area contributed by atoms with Crippen LogP contribution >= 0.6 is 0 Å². The van der Waals surface area contributed by atoms with Gasteiger partial charge in [0.05, 0.1) is 18.6 Å². The average Bonchev–Trinajstić information content (AvgIpc) is 3.20. The average molecular weight is 362 g/mol. The summed E-state index contributed by atoms with van der Waals surface area (Å²) in [6.45, 7) is 9.24. The molecule has 4 heterocycles. The molecule has 0 unspecified atom stereocenters. The minimum Gasteiger partial charge on any atom is -0.458 e. The van der Waals surface area contributed by atoms with Crippen molar-refractivity contribution in [2.45, 2.75) is 56.4 Å². The summed E-state index contributed by atoms with van der Waals surface area (Å²) in [5, 5.41) is 10.5. The van der Waals surface area contributed by atoms with E-state index in [4.69, 9.17) is 18.9 Å². The lowest BCUT2D eigenvalue weighted by Crippen LogP contribution is -2.45. The topological polar surface area (TPSA) is 94.6 Å². The van der Waals surface area contributed by atoms with Crippen molar-refractivity contribution in [3.63, 3.8) is 0 Å². The Morgan fingerprint density at radius 2 is 2.23 bits per heavy atom. The van der Waals surface area contributed by atoms with E-state index in [9.17, 15) is 14.7 Å². The second kappa shape index (κ2) is 6.04. The van der Waals surface area contributed by atoms with Crippen molar-refractivity contribution in [1.29, 1.82) is 0 Å². The second-order valence-corrected chi connectivity index (χ2v) is 7.44. The van der Waals surface area contributed by atoms with Crippen LogP contribution in [0.15, 0.2) is 36.0 Å². The van der Waals surface area contributed by atoms with Crippen LogP contribution in [-0.2, 0) is 28.5 Å². The summed E-state index contributed by atoms with van der Waals surface area (Å²) in [6.07, 6.45) is 0.815. The normalized spacial score (nSPS) is 43.3. The molecule has 6 atom stereocenters. The van der Waals surface area contributed by atoms with E-state index in [1.54, 1.807) is 6.92 Å². The molecule has 7 nitrogen and oxygen atoms in total. The monoisotopic (exact) mass is 362 g/mol. The van der Waals surface area contributed by atoms with E-state index in [2.05, 4.69) is 13.2 Å². The van der Waals surface area contributed by atoms with Gasteiger partial charge in [-0.25, -0.2) is 9.59 Å². The molecular formula is C19H22O7. The molecule has 0 aromatic carbocycles. The van der Waals surface area contributed by atoms with Gasteiger partial charge in [-0.2, -0.15) is 0 Å². The fourth-order valence-electron chi connectivity index (χ4n) is 4.09. The van der Waals surface area contributed by atoms with Gasteiger partial charge < -0.3 is 24.1 Å². The highest BCUT2D eigenvalue weighted by Gasteiger charge is 2.65. The van der Waals surface area contributed by atoms with Crippen molar-refractivity contribution in [2.75, 3.05) is 6.61 Å². The Balaban J connectivity index is 1.76. The van der Waals surface area contributed by atoms with E-state index < -0.39 is 42.0 Å². The number of aliphatic hydroxyl groups excluding tert-OH is 1. The predicted octanol–water partition coefficient (Wildman–Crippen LogP) is 1.17. The third kappa shape index (κ3) is 2.71. The molecule has 26 heavy (non-hydrogen) atoms. The molecule has 0 aromatic rings. The van der Waals surface area contributed by atoms with Gasteiger partial charge in [0.1, 0.15) is 17.8 Å². The Morgan fingerprint density at radius 3 is 2.96 bits per heavy atom. The molecular weight excluding hydrogens is 340 g/mol. The maximum Gasteiger partial charge on any atom is 0.334 e. The molecule has 2 bridgehead atoms. The van der Waals surface area contributed by atoms with E-state index in [0.29, 0.717) is 0 Å². The zero-order valence-electron chi connectivity index (χ0n) is 14.6. The van der Waals surface area contributed by atoms with Crippen molar-refractivity contribution in [3.05, 3.63) is 36.0 Å². The van der Waals surface area contributed by atoms with E-state index in [0.717, 1.165) is 18.4 Å². The van der Waals surface area contributed by atoms with Crippen LogP contribution in [0.1, 0.15) is 26.2 Å². The molecule has 5 rings (SSSR count). The number of fused-ring (bicyclic) bond motifs is 4. The van der Waals surface area contributed by atoms with Gasteiger partial charge in [-0.3, -0.25) is 0 Å². The fraction of sp³-hybridized carbons (Fsp3) is 0.579. The maximum absolute atomic E-state index is 12.2. The van der Waals surface area contributed by atoms with Crippen LogP contribution in [0, 0.1) is 5.92 Å². The summed E-state index contributed by atoms with van der Waals surface area (Å²) in [5.74, 6) is -1.61. The minimum atomic E-state index is -1.13. The summed E-state index contributed by atoms with van der Waals surface area (Å²) >= 11 is 0. The number of esters is 2. The summed E-state index contributed by atoms with van der Waals surface area (Å²) in [6, 6.07) is 0. The third-order valence-corrected chi connectivity index (χ3v) is 5.61. The SMILES string of the molecule is C=C(C)C(=O)O[C@H]1C[C@@]23O[C@@H]2CC/C(=C/[C@H]2OC(=O)C(=C)[C@H]12)CO[C@@H]3O. The number of carbonyl (C=O) groups excluding carboxylic acids is 2. The summed E-state index contributed by atoms with van der Waals surface area (Å²) < 4.78 is 22.5. The number of aliphatic hydroxyl groups is 1. The lowest BCUT2D eigenvalue weighted by molar-refractivity contribution is -0.163. The fourth-order valence-corrected chi connectivity index (χ4v) is 4.09. The molecule has 0 radical (unpaired) electrons. The van der Waals surface area contributed by atoms with Crippen LogP contribution in [-0.4, -0.2) is 53.9 Å². The Morgan fingerprint density at radius 1 is 1.46 bits per heavy atom. The van der Waals surface area contributed by atoms with Crippen molar-refractivity contribution in [1.82, 2.24) is 0 Å². The van der Waals surface area contributed by atoms with Crippen LogP contribution in [0.25, 0.3) is 0 Å². The van der Waals surface area contributed by atoms with Crippen LogP contribution < -0.4 is 0 Å². The molecule has 1 spiro atoms. The Hall–Kier alpha value is -1.96. The van der Waals surface area contributed by atoms with Gasteiger partial charge in [-0.05, 0) is 31.4 Å². The third-order valence-electron chi connectivity index (χ3n) is 5.61. The molecule has 1 aliphatic carbocycles. The van der Waals surface area contributed by atoms with Gasteiger partial charge in [0.15, 0.2) is 6.29 Å². The van der Waals surface area contributed by atoms with Gasteiger partial charge >= 0.3 is 11.9 Å². The van der Waals surface area contributed by atoms with Gasteiger partial charge in [0.2, 0.25) is 0 Å². The smallest absolute Gasteiger partial charge is 0.334 e. The Kier molecular flexibility index (Phi) is 4.06. The Bertz CT molecular complexity index is 723. The number of carbonyl (C=O) groups is 2. The van der Waals surface area contributed by atoms with Crippen molar-refractivity contribution < 1.29 is 33.6 Å². The lowest BCUT2D eigenvalue weighted by Gasteiger charge is -2.33. The highest BCUT2D eigenvalue weighted by molar-refractivity contribution is 5.91. The first-order chi connectivity index (χ1) is 12.3. The molecule has 4 aliphatic heterocycles. The van der Waals surface area contributed by atoms with Gasteiger partial charge in [-0.15, -0.1) is 0 Å². The molecule has 0 saturated carbocycles. The molecule has 1 N–H and O–H groups in total. The quantitative estimate of drug-likeness (QED) is 0.341. The maximum atomic E-state index is 12.2. The second-order valence-electron chi connectivity index (χ2n) is 7.44. The van der Waals surface area contributed by atoms with Gasteiger partial charge in [0, 0.05) is 17.6 Å². The zero-order chi connectivity index (χ0) is 18.6. The van der Waals surface area contributed by atoms with Gasteiger partial charge in [-0.1, -0.05) is 13.2 Å². The highest BCUT2D eigenvalue weighted by Crippen LogP contribution is 2.51. The number of ether oxygens (including phenoxy) is 4. The van der Waals surface area contributed by atoms with E-state index in [1.165, 1.54) is 0 Å². The number of hydrogen-bond acceptors (Lipinski definition) is 7. The van der Waals surface area contributed by atoms with Gasteiger partial charge in [0.25, 0.3) is 0 Å². The molecule has 140 valence electrons. The predicted molar refractivity (Wildman–Crippen MR) is 88.7 cm³/mol. The molecule has 0 amide bonds. The van der Waals surface area contributed by atoms with Crippen molar-refractivity contribution in [2.24, 2.45) is 5.92 Å². The minimum absolute atomic E-state index is 0.185. The van der Waals surface area contributed by atoms with E-state index in [1.807, 2.05) is 6.08 Å². The zero-order valence-corrected chi connectivity index (χ0v) is 14.6. The first-order valence-electron chi connectivity index (χ1n) is 8.75. The van der Waals surface area contributed by atoms with Crippen LogP contribution in [0.3, 0.4) is 0 Å². The Labute approximate surface area is 151 Å². The van der Waals surface area contributed by atoms with Crippen LogP contribution in [0.2, 0.25) is 0 Å². The molecule has 0 aromatic heterocycles. The number of hydrogen-bond donors (Lipinski definition) is 1. The largest absolute Gasteiger partial charge is 0.458 e. The number of rotatable bonds is 2.